The molecule has 35 heavy (non-hydrogen) atoms. The summed E-state index contributed by atoms with van der Waals surface area (Å²) >= 11 is 3.40. The average molecular weight is 572 g/mol. The molecule has 0 radical (unpaired) electrons. The molecule has 0 saturated heterocycles. The van der Waals surface area contributed by atoms with Crippen molar-refractivity contribution in [2.75, 3.05) is 24.9 Å². The first-order valence-electron chi connectivity index (χ1n) is 10.9. The third kappa shape index (κ3) is 7.74. The van der Waals surface area contributed by atoms with Gasteiger partial charge in [0.25, 0.3) is 0 Å². The second-order valence-corrected chi connectivity index (χ2v) is 12.3. The summed E-state index contributed by atoms with van der Waals surface area (Å²) in [5.41, 5.74) is -0.0664. The fourth-order valence-electron chi connectivity index (χ4n) is 3.24. The minimum atomic E-state index is -4.23. The SMILES string of the molecule is C[C@@H](C(=O)NC(C)(C)C)N(Cc1cccc(Br)c1)C(=O)CN(c1ccccc1F)S(=O)(=O)N(C)C. The van der Waals surface area contributed by atoms with Gasteiger partial charge in [-0.25, -0.2) is 8.70 Å². The van der Waals surface area contributed by atoms with Crippen molar-refractivity contribution in [1.82, 2.24) is 14.5 Å². The molecule has 0 aliphatic carbocycles. The van der Waals surface area contributed by atoms with Gasteiger partial charge in [-0.3, -0.25) is 9.59 Å². The van der Waals surface area contributed by atoms with Gasteiger partial charge < -0.3 is 10.2 Å². The highest BCUT2D eigenvalue weighted by Crippen LogP contribution is 2.24. The van der Waals surface area contributed by atoms with E-state index in [0.717, 1.165) is 20.4 Å². The number of halogens is 2. The van der Waals surface area contributed by atoms with E-state index in [1.54, 1.807) is 25.1 Å². The Balaban J connectivity index is 2.49. The Labute approximate surface area is 215 Å². The molecule has 1 N–H and O–H groups in total. The molecule has 1 atom stereocenters. The van der Waals surface area contributed by atoms with Crippen LogP contribution in [0.5, 0.6) is 0 Å². The fraction of sp³-hybridized carbons (Fsp3) is 0.417. The Morgan fingerprint density at radius 1 is 1.09 bits per heavy atom. The van der Waals surface area contributed by atoms with Gasteiger partial charge in [0.05, 0.1) is 5.69 Å². The third-order valence-electron chi connectivity index (χ3n) is 5.05. The quantitative estimate of drug-likeness (QED) is 0.499. The number of hydrogen-bond donors (Lipinski definition) is 1. The second-order valence-electron chi connectivity index (χ2n) is 9.32. The van der Waals surface area contributed by atoms with E-state index >= 15 is 0 Å². The lowest BCUT2D eigenvalue weighted by Crippen LogP contribution is -2.55. The van der Waals surface area contributed by atoms with Crippen LogP contribution in [0.2, 0.25) is 0 Å². The Morgan fingerprint density at radius 2 is 1.71 bits per heavy atom. The van der Waals surface area contributed by atoms with Gasteiger partial charge >= 0.3 is 10.2 Å². The number of nitrogens with zero attached hydrogens (tertiary/aromatic N) is 3. The number of para-hydroxylation sites is 1. The van der Waals surface area contributed by atoms with Crippen molar-refractivity contribution in [1.29, 1.82) is 0 Å². The minimum absolute atomic E-state index is 0.0458. The minimum Gasteiger partial charge on any atom is -0.350 e. The van der Waals surface area contributed by atoms with Gasteiger partial charge in [0, 0.05) is 30.7 Å². The first kappa shape index (κ1) is 28.7. The lowest BCUT2D eigenvalue weighted by Gasteiger charge is -2.34. The molecule has 0 unspecified atom stereocenters. The Bertz CT molecular complexity index is 1170. The number of benzene rings is 2. The van der Waals surface area contributed by atoms with Crippen molar-refractivity contribution >= 4 is 43.6 Å². The highest BCUT2D eigenvalue weighted by atomic mass is 79.9. The molecule has 0 aliphatic heterocycles. The van der Waals surface area contributed by atoms with E-state index in [1.165, 1.54) is 37.2 Å². The maximum absolute atomic E-state index is 14.6. The zero-order valence-electron chi connectivity index (χ0n) is 20.7. The van der Waals surface area contributed by atoms with Crippen molar-refractivity contribution < 1.29 is 22.4 Å². The summed E-state index contributed by atoms with van der Waals surface area (Å²) < 4.78 is 43.2. The maximum Gasteiger partial charge on any atom is 0.304 e. The molecule has 0 aliphatic rings. The van der Waals surface area contributed by atoms with Crippen LogP contribution in [0.3, 0.4) is 0 Å². The van der Waals surface area contributed by atoms with Gasteiger partial charge in [0.15, 0.2) is 0 Å². The summed E-state index contributed by atoms with van der Waals surface area (Å²) in [6.45, 7) is 6.39. The summed E-state index contributed by atoms with van der Waals surface area (Å²) in [5.74, 6) is -1.84. The van der Waals surface area contributed by atoms with Crippen molar-refractivity contribution in [2.24, 2.45) is 0 Å². The van der Waals surface area contributed by atoms with Crippen LogP contribution in [-0.4, -0.2) is 61.7 Å². The molecule has 0 spiro atoms. The molecular formula is C24H32BrFN4O4S. The van der Waals surface area contributed by atoms with Crippen molar-refractivity contribution in [3.63, 3.8) is 0 Å². The van der Waals surface area contributed by atoms with Crippen LogP contribution in [0.4, 0.5) is 10.1 Å². The van der Waals surface area contributed by atoms with E-state index in [-0.39, 0.29) is 12.2 Å². The second kappa shape index (κ2) is 11.5. The van der Waals surface area contributed by atoms with Crippen molar-refractivity contribution in [3.8, 4) is 0 Å². The number of hydrogen-bond acceptors (Lipinski definition) is 4. The predicted octanol–water partition coefficient (Wildman–Crippen LogP) is 3.53. The summed E-state index contributed by atoms with van der Waals surface area (Å²) in [7, 11) is -1.63. The summed E-state index contributed by atoms with van der Waals surface area (Å²) in [6.07, 6.45) is 0. The molecule has 2 aromatic rings. The van der Waals surface area contributed by atoms with Crippen LogP contribution in [0, 0.1) is 5.82 Å². The van der Waals surface area contributed by atoms with E-state index in [4.69, 9.17) is 0 Å². The van der Waals surface area contributed by atoms with Gasteiger partial charge in [0.1, 0.15) is 18.4 Å². The van der Waals surface area contributed by atoms with Crippen molar-refractivity contribution in [2.45, 2.75) is 45.8 Å². The molecule has 0 saturated carbocycles. The zero-order chi connectivity index (χ0) is 26.6. The van der Waals surface area contributed by atoms with E-state index < -0.39 is 46.0 Å². The summed E-state index contributed by atoms with van der Waals surface area (Å²) in [6, 6.07) is 11.6. The standard InChI is InChI=1S/C24H32BrFN4O4S/c1-17(23(32)27-24(2,3)4)29(15-18-10-9-11-19(25)14-18)22(31)16-30(35(33,34)28(5)6)21-13-8-7-12-20(21)26/h7-14,17H,15-16H2,1-6H3,(H,27,32)/t17-/m0/s1. The van der Waals surface area contributed by atoms with Crippen LogP contribution >= 0.6 is 15.9 Å². The predicted molar refractivity (Wildman–Crippen MR) is 138 cm³/mol. The van der Waals surface area contributed by atoms with Crippen LogP contribution in [0.25, 0.3) is 0 Å². The molecule has 0 bridgehead atoms. The number of rotatable bonds is 9. The monoisotopic (exact) mass is 570 g/mol. The normalized spacial score (nSPS) is 12.8. The van der Waals surface area contributed by atoms with Crippen LogP contribution in [-0.2, 0) is 26.3 Å². The smallest absolute Gasteiger partial charge is 0.304 e. The van der Waals surface area contributed by atoms with Gasteiger partial charge in [0.2, 0.25) is 11.8 Å². The number of nitrogens with one attached hydrogen (secondary N) is 1. The largest absolute Gasteiger partial charge is 0.350 e. The highest BCUT2D eigenvalue weighted by Gasteiger charge is 2.34. The molecule has 2 aromatic carbocycles. The molecular weight excluding hydrogens is 539 g/mol. The van der Waals surface area contributed by atoms with Crippen LogP contribution < -0.4 is 9.62 Å². The summed E-state index contributed by atoms with van der Waals surface area (Å²) in [4.78, 5) is 27.9. The Hall–Kier alpha value is -2.50. The lowest BCUT2D eigenvalue weighted by molar-refractivity contribution is -0.140. The van der Waals surface area contributed by atoms with Gasteiger partial charge in [-0.05, 0) is 57.5 Å². The number of carbonyl (C=O) groups excluding carboxylic acids is 2. The average Bonchev–Trinajstić information content (AvgIpc) is 2.74. The van der Waals surface area contributed by atoms with Gasteiger partial charge in [-0.2, -0.15) is 12.7 Å². The molecule has 192 valence electrons. The molecule has 11 heteroatoms. The molecule has 8 nitrogen and oxygen atoms in total. The molecule has 2 amide bonds. The summed E-state index contributed by atoms with van der Waals surface area (Å²) in [5, 5.41) is 2.85. The van der Waals surface area contributed by atoms with E-state index in [2.05, 4.69) is 21.2 Å². The lowest BCUT2D eigenvalue weighted by atomic mass is 10.1. The number of amides is 2. The molecule has 0 heterocycles. The van der Waals surface area contributed by atoms with E-state index in [0.29, 0.717) is 4.31 Å². The molecule has 0 aromatic heterocycles. The van der Waals surface area contributed by atoms with E-state index in [1.807, 2.05) is 26.8 Å². The fourth-order valence-corrected chi connectivity index (χ4v) is 4.76. The zero-order valence-corrected chi connectivity index (χ0v) is 23.2. The topological polar surface area (TPSA) is 90.0 Å². The van der Waals surface area contributed by atoms with Gasteiger partial charge in [-0.1, -0.05) is 40.2 Å². The third-order valence-corrected chi connectivity index (χ3v) is 7.35. The highest BCUT2D eigenvalue weighted by molar-refractivity contribution is 9.10. The first-order chi connectivity index (χ1) is 16.1. The van der Waals surface area contributed by atoms with Crippen molar-refractivity contribution in [3.05, 3.63) is 64.4 Å². The Kier molecular flexibility index (Phi) is 9.43. The van der Waals surface area contributed by atoms with Gasteiger partial charge in [-0.15, -0.1) is 0 Å². The Morgan fingerprint density at radius 3 is 2.26 bits per heavy atom. The number of anilines is 1. The first-order valence-corrected chi connectivity index (χ1v) is 13.1. The molecule has 2 rings (SSSR count). The van der Waals surface area contributed by atoms with E-state index in [9.17, 15) is 22.4 Å². The van der Waals surface area contributed by atoms with Crippen LogP contribution in [0.1, 0.15) is 33.3 Å². The molecule has 0 fully saturated rings. The maximum atomic E-state index is 14.6. The number of carbonyl (C=O) groups is 2. The van der Waals surface area contributed by atoms with Crippen LogP contribution in [0.15, 0.2) is 53.0 Å².